The zero-order valence-electron chi connectivity index (χ0n) is 58.4. The van der Waals surface area contributed by atoms with E-state index in [0.717, 1.165) is 109 Å². The van der Waals surface area contributed by atoms with Gasteiger partial charge in [0.25, 0.3) is 0 Å². The number of aliphatic hydroxyl groups is 10. The summed E-state index contributed by atoms with van der Waals surface area (Å²) in [5.74, 6) is -2.01. The molecule has 1 saturated carbocycles. The van der Waals surface area contributed by atoms with Crippen LogP contribution in [0.3, 0.4) is 0 Å². The van der Waals surface area contributed by atoms with E-state index in [0.29, 0.717) is 25.7 Å². The third-order valence-electron chi connectivity index (χ3n) is 18.2. The molecule has 0 aromatic carbocycles. The largest absolute Gasteiger partial charge is 0.472 e. The normalized spacial score (nSPS) is 28.1. The molecule has 0 spiro atoms. The third kappa shape index (κ3) is 36.4. The number of phosphoric acid groups is 1. The van der Waals surface area contributed by atoms with Crippen LogP contribution in [0, 0.1) is 0 Å². The van der Waals surface area contributed by atoms with Crippen LogP contribution in [-0.4, -0.2) is 204 Å². The van der Waals surface area contributed by atoms with Crippen molar-refractivity contribution in [3.8, 4) is 0 Å². The van der Waals surface area contributed by atoms with Crippen LogP contribution in [-0.2, 0) is 61.2 Å². The lowest BCUT2D eigenvalue weighted by Gasteiger charge is -2.49. The summed E-state index contributed by atoms with van der Waals surface area (Å²) in [6, 6.07) is 0. The first-order valence-corrected chi connectivity index (χ1v) is 38.6. The number of aliphatic hydroxyl groups excluding tert-OH is 10. The first-order chi connectivity index (χ1) is 46.3. The Morgan fingerprint density at radius 3 is 1.15 bits per heavy atom. The second kappa shape index (κ2) is 53.3. The summed E-state index contributed by atoms with van der Waals surface area (Å²) < 4.78 is 64.9. The van der Waals surface area contributed by atoms with E-state index in [4.69, 9.17) is 42.2 Å². The zero-order chi connectivity index (χ0) is 70.4. The first-order valence-electron chi connectivity index (χ1n) is 37.1. The summed E-state index contributed by atoms with van der Waals surface area (Å²) in [5, 5.41) is 110. The molecule has 11 N–H and O–H groups in total. The number of carbonyl (C=O) groups is 3. The van der Waals surface area contributed by atoms with Gasteiger partial charge in [0.1, 0.15) is 98.7 Å². The number of hydrogen-bond donors (Lipinski definition) is 11. The van der Waals surface area contributed by atoms with Gasteiger partial charge in [-0.1, -0.05) is 212 Å². The van der Waals surface area contributed by atoms with Gasteiger partial charge in [-0.15, -0.1) is 0 Å². The molecule has 3 rings (SSSR count). The number of allylic oxidation sites excluding steroid dienone is 4. The van der Waals surface area contributed by atoms with Crippen LogP contribution in [0.15, 0.2) is 24.3 Å². The van der Waals surface area contributed by atoms with Crippen LogP contribution in [0.1, 0.15) is 278 Å². The van der Waals surface area contributed by atoms with Gasteiger partial charge in [-0.2, -0.15) is 0 Å². The SMILES string of the molecule is CCCCCC/C=C\CCCCCCCCCC(=O)OCC(COP(=O)(O)OC1C(OC2OC(CO)C(O)C(O)C2O)C(O)C(O)C(O)C1OC1OC(COC(=O)CCCCCCCCCCCCCC)C(O)C(O)C1O)OC(=O)CCCCC/C=C\CCCCCCCCC. The molecule has 562 valence electrons. The average molecular weight is 1400 g/mol. The second-order valence-corrected chi connectivity index (χ2v) is 28.1. The fourth-order valence-electron chi connectivity index (χ4n) is 12.1. The molecule has 0 radical (unpaired) electrons. The highest BCUT2D eigenvalue weighted by Crippen LogP contribution is 2.49. The minimum atomic E-state index is -5.70. The molecule has 18 atom stereocenters. The van der Waals surface area contributed by atoms with E-state index in [1.807, 2.05) is 0 Å². The van der Waals surface area contributed by atoms with Crippen molar-refractivity contribution >= 4 is 25.7 Å². The fraction of sp³-hybridized carbons (Fsp3) is 0.901. The van der Waals surface area contributed by atoms with Gasteiger partial charge in [-0.25, -0.2) is 4.57 Å². The number of rotatable bonds is 57. The summed E-state index contributed by atoms with van der Waals surface area (Å²) >= 11 is 0. The summed E-state index contributed by atoms with van der Waals surface area (Å²) in [6.45, 7) is 3.40. The number of unbranched alkanes of at least 4 members (excludes halogenated alkanes) is 32. The molecule has 3 fully saturated rings. The van der Waals surface area contributed by atoms with Crippen molar-refractivity contribution in [3.63, 3.8) is 0 Å². The molecule has 0 aromatic heterocycles. The van der Waals surface area contributed by atoms with E-state index in [9.17, 15) is 74.9 Å². The van der Waals surface area contributed by atoms with Crippen molar-refractivity contribution in [1.82, 2.24) is 0 Å². The minimum absolute atomic E-state index is 0.0301. The summed E-state index contributed by atoms with van der Waals surface area (Å²) in [6.07, 6.45) is 12.6. The van der Waals surface area contributed by atoms with Crippen molar-refractivity contribution in [2.75, 3.05) is 26.4 Å². The Kier molecular flexibility index (Phi) is 48.7. The Hall–Kier alpha value is -2.56. The van der Waals surface area contributed by atoms with E-state index in [1.54, 1.807) is 0 Å². The van der Waals surface area contributed by atoms with Gasteiger partial charge >= 0.3 is 25.7 Å². The van der Waals surface area contributed by atoms with Crippen LogP contribution >= 0.6 is 7.82 Å². The number of carbonyl (C=O) groups excluding carboxylic acids is 3. The fourth-order valence-corrected chi connectivity index (χ4v) is 13.1. The molecule has 1 aliphatic carbocycles. The molecule has 24 nitrogen and oxygen atoms in total. The second-order valence-electron chi connectivity index (χ2n) is 26.7. The predicted molar refractivity (Wildman–Crippen MR) is 361 cm³/mol. The maximum Gasteiger partial charge on any atom is 0.472 e. The van der Waals surface area contributed by atoms with E-state index < -0.39 is 156 Å². The molecule has 0 aromatic rings. The van der Waals surface area contributed by atoms with Crippen LogP contribution in [0.2, 0.25) is 0 Å². The molecule has 2 heterocycles. The van der Waals surface area contributed by atoms with Crippen molar-refractivity contribution in [3.05, 3.63) is 24.3 Å². The van der Waals surface area contributed by atoms with Gasteiger partial charge in [0.05, 0.1) is 13.2 Å². The molecule has 2 aliphatic heterocycles. The number of esters is 3. The van der Waals surface area contributed by atoms with Gasteiger partial charge < -0.3 is 89.1 Å². The highest BCUT2D eigenvalue weighted by atomic mass is 31.2. The summed E-state index contributed by atoms with van der Waals surface area (Å²) in [5.41, 5.74) is 0. The van der Waals surface area contributed by atoms with Crippen LogP contribution in [0.25, 0.3) is 0 Å². The Labute approximate surface area is 573 Å². The number of phosphoric ester groups is 1. The minimum Gasteiger partial charge on any atom is -0.463 e. The lowest BCUT2D eigenvalue weighted by atomic mass is 9.84. The molecule has 2 saturated heterocycles. The maximum absolute atomic E-state index is 14.3. The van der Waals surface area contributed by atoms with Crippen molar-refractivity contribution in [2.24, 2.45) is 0 Å². The highest BCUT2D eigenvalue weighted by Gasteiger charge is 2.58. The molecule has 96 heavy (non-hydrogen) atoms. The molecule has 25 heteroatoms. The van der Waals surface area contributed by atoms with Crippen LogP contribution < -0.4 is 0 Å². The summed E-state index contributed by atoms with van der Waals surface area (Å²) in [4.78, 5) is 50.9. The lowest BCUT2D eigenvalue weighted by molar-refractivity contribution is -0.360. The molecular weight excluding hydrogens is 1270 g/mol. The maximum atomic E-state index is 14.3. The highest BCUT2D eigenvalue weighted by molar-refractivity contribution is 7.47. The number of hydrogen-bond acceptors (Lipinski definition) is 23. The smallest absolute Gasteiger partial charge is 0.463 e. The molecule has 3 aliphatic rings. The Morgan fingerprint density at radius 1 is 0.396 bits per heavy atom. The van der Waals surface area contributed by atoms with Gasteiger partial charge in [0.2, 0.25) is 0 Å². The number of ether oxygens (including phenoxy) is 7. The molecule has 0 bridgehead atoms. The van der Waals surface area contributed by atoms with Gasteiger partial charge in [0, 0.05) is 19.3 Å². The van der Waals surface area contributed by atoms with Gasteiger partial charge in [-0.3, -0.25) is 23.4 Å². The van der Waals surface area contributed by atoms with Gasteiger partial charge in [-0.05, 0) is 70.6 Å². The van der Waals surface area contributed by atoms with Crippen molar-refractivity contribution in [1.29, 1.82) is 0 Å². The quantitative estimate of drug-likeness (QED) is 0.00886. The zero-order valence-corrected chi connectivity index (χ0v) is 59.3. The van der Waals surface area contributed by atoms with E-state index in [1.165, 1.54) is 103 Å². The Morgan fingerprint density at radius 2 is 0.729 bits per heavy atom. The van der Waals surface area contributed by atoms with Gasteiger partial charge in [0.15, 0.2) is 18.7 Å². The van der Waals surface area contributed by atoms with Crippen LogP contribution in [0.4, 0.5) is 0 Å². The van der Waals surface area contributed by atoms with Crippen LogP contribution in [0.5, 0.6) is 0 Å². The summed E-state index contributed by atoms with van der Waals surface area (Å²) in [7, 11) is -5.70. The lowest BCUT2D eigenvalue weighted by Crippen LogP contribution is -2.69. The Balaban J connectivity index is 1.75. The average Bonchev–Trinajstić information content (AvgIpc) is 0.768. The molecule has 0 amide bonds. The van der Waals surface area contributed by atoms with Crippen molar-refractivity contribution < 1.29 is 117 Å². The van der Waals surface area contributed by atoms with E-state index in [2.05, 4.69) is 45.1 Å². The topological polar surface area (TPSA) is 374 Å². The molecular formula is C71H129O24P. The standard InChI is InChI=1S/C71H129O24P/c1-4-7-10-13-16-19-22-25-27-29-31-34-36-39-42-45-55(73)87-49-52(90-57(75)47-44-41-38-35-32-28-26-23-20-17-14-11-8-5-2)50-89-96(85,86)95-69-67(93-70-65(83)60(78)58(76)53(48-72)91-70)63(81)62(80)64(82)68(69)94-71-66(84)61(79)59(77)54(92-71)51-88-56(74)46-43-40-37-33-30-24-21-18-15-12-9-6-3/h19,22,28,32,52-54,58-72,76-84H,4-18,20-21,23-27,29-31,33-51H2,1-3H3,(H,85,86)/b22-19-,32-28-. The van der Waals surface area contributed by atoms with E-state index in [-0.39, 0.29) is 19.3 Å². The first kappa shape index (κ1) is 87.7. The van der Waals surface area contributed by atoms with Crippen molar-refractivity contribution in [2.45, 2.75) is 382 Å². The Bertz CT molecular complexity index is 2090. The molecule has 18 unspecified atom stereocenters. The monoisotopic (exact) mass is 1400 g/mol. The predicted octanol–water partition coefficient (Wildman–Crippen LogP) is 9.74. The third-order valence-corrected chi connectivity index (χ3v) is 19.2. The van der Waals surface area contributed by atoms with E-state index >= 15 is 0 Å².